The van der Waals surface area contributed by atoms with Crippen LogP contribution >= 0.6 is 0 Å². The summed E-state index contributed by atoms with van der Waals surface area (Å²) in [6.07, 6.45) is 2.07. The van der Waals surface area contributed by atoms with Crippen LogP contribution in [0.2, 0.25) is 0 Å². The van der Waals surface area contributed by atoms with Crippen molar-refractivity contribution in [1.29, 1.82) is 0 Å². The van der Waals surface area contributed by atoms with Crippen LogP contribution in [-0.4, -0.2) is 54.8 Å². The normalized spacial score (nSPS) is 16.9. The van der Waals surface area contributed by atoms with Crippen molar-refractivity contribution in [3.63, 3.8) is 0 Å². The second-order valence-electron chi connectivity index (χ2n) is 5.77. The molecule has 0 saturated carbocycles. The maximum Gasteiger partial charge on any atom is 0.243 e. The van der Waals surface area contributed by atoms with Gasteiger partial charge >= 0.3 is 0 Å². The van der Waals surface area contributed by atoms with Crippen LogP contribution < -0.4 is 5.32 Å². The molecule has 2 aromatic rings. The summed E-state index contributed by atoms with van der Waals surface area (Å²) in [7, 11) is -3.78. The van der Waals surface area contributed by atoms with Crippen molar-refractivity contribution in [1.82, 2.24) is 14.6 Å². The maximum atomic E-state index is 13.1. The van der Waals surface area contributed by atoms with Gasteiger partial charge in [0.2, 0.25) is 15.9 Å². The van der Waals surface area contributed by atoms with E-state index in [2.05, 4.69) is 10.3 Å². The zero-order valence-electron chi connectivity index (χ0n) is 13.3. The van der Waals surface area contributed by atoms with Gasteiger partial charge < -0.3 is 10.4 Å². The number of hydrogen-bond donors (Lipinski definition) is 2. The number of pyridine rings is 1. The van der Waals surface area contributed by atoms with Gasteiger partial charge in [-0.15, -0.1) is 0 Å². The van der Waals surface area contributed by atoms with Crippen molar-refractivity contribution in [3.8, 4) is 5.88 Å². The van der Waals surface area contributed by atoms with Crippen molar-refractivity contribution in [2.75, 3.05) is 26.2 Å². The highest BCUT2D eigenvalue weighted by atomic mass is 32.2. The largest absolute Gasteiger partial charge is 0.493 e. The average molecular weight is 349 g/mol. The summed E-state index contributed by atoms with van der Waals surface area (Å²) in [6.45, 7) is 3.49. The molecule has 2 N–H and O–H groups in total. The molecule has 0 unspecified atom stereocenters. The van der Waals surface area contributed by atoms with Crippen LogP contribution in [0, 0.1) is 0 Å². The van der Waals surface area contributed by atoms with E-state index in [9.17, 15) is 18.3 Å². The van der Waals surface area contributed by atoms with Crippen molar-refractivity contribution < 1.29 is 18.3 Å². The molecule has 1 fully saturated rings. The van der Waals surface area contributed by atoms with E-state index in [0.717, 1.165) is 13.0 Å². The number of benzene rings is 1. The van der Waals surface area contributed by atoms with Gasteiger partial charge in [0, 0.05) is 42.2 Å². The molecule has 0 aliphatic carbocycles. The van der Waals surface area contributed by atoms with E-state index < -0.39 is 10.0 Å². The van der Waals surface area contributed by atoms with Crippen molar-refractivity contribution in [2.24, 2.45) is 0 Å². The molecule has 8 heteroatoms. The number of ketones is 1. The van der Waals surface area contributed by atoms with Crippen molar-refractivity contribution >= 4 is 26.6 Å². The molecule has 7 nitrogen and oxygen atoms in total. The molecular formula is C16H19N3O4S. The van der Waals surface area contributed by atoms with E-state index in [4.69, 9.17) is 0 Å². The molecule has 24 heavy (non-hydrogen) atoms. The second kappa shape index (κ2) is 6.46. The van der Waals surface area contributed by atoms with Gasteiger partial charge in [0.05, 0.1) is 4.90 Å². The fraction of sp³-hybridized carbons (Fsp3) is 0.375. The molecule has 0 bridgehead atoms. The maximum absolute atomic E-state index is 13.1. The topological polar surface area (TPSA) is 99.6 Å². The van der Waals surface area contributed by atoms with E-state index in [0.29, 0.717) is 25.0 Å². The van der Waals surface area contributed by atoms with Gasteiger partial charge in [0.25, 0.3) is 0 Å². The third-order valence-corrected chi connectivity index (χ3v) is 6.08. The Hall–Kier alpha value is -2.03. The second-order valence-corrected chi connectivity index (χ2v) is 7.67. The van der Waals surface area contributed by atoms with Crippen molar-refractivity contribution in [2.45, 2.75) is 18.2 Å². The first kappa shape index (κ1) is 16.8. The summed E-state index contributed by atoms with van der Waals surface area (Å²) in [5.41, 5.74) is 0.234. The molecule has 0 amide bonds. The number of nitrogens with zero attached hydrogens (tertiary/aromatic N) is 2. The average Bonchev–Trinajstić information content (AvgIpc) is 2.84. The summed E-state index contributed by atoms with van der Waals surface area (Å²) in [5.74, 6) is -0.557. The van der Waals surface area contributed by atoms with Gasteiger partial charge in [0.1, 0.15) is 0 Å². The highest BCUT2D eigenvalue weighted by molar-refractivity contribution is 7.89. The highest BCUT2D eigenvalue weighted by Crippen LogP contribution is 2.31. The van der Waals surface area contributed by atoms with Crippen LogP contribution in [0.3, 0.4) is 0 Å². The lowest BCUT2D eigenvalue weighted by Crippen LogP contribution is -2.34. The van der Waals surface area contributed by atoms with Crippen LogP contribution in [-0.2, 0) is 10.0 Å². The number of aromatic hydroxyl groups is 1. The summed E-state index contributed by atoms with van der Waals surface area (Å²) in [4.78, 5) is 15.6. The Bertz CT molecular complexity index is 888. The van der Waals surface area contributed by atoms with Gasteiger partial charge in [-0.2, -0.15) is 4.31 Å². The SMILES string of the molecule is CC(=O)c1cc(S(=O)(=O)N2CCCNCC2)c2ccnc(O)c2c1. The molecule has 1 aromatic heterocycles. The standard InChI is InChI=1S/C16H19N3O4S/c1-11(20)12-9-14-13(3-5-18-16(14)21)15(10-12)24(22,23)19-7-2-4-17-6-8-19/h3,5,9-10,17H,2,4,6-8H2,1H3,(H,18,21). The third kappa shape index (κ3) is 3.00. The summed E-state index contributed by atoms with van der Waals surface area (Å²) in [5, 5.41) is 13.8. The van der Waals surface area contributed by atoms with Gasteiger partial charge in [-0.05, 0) is 38.1 Å². The monoisotopic (exact) mass is 349 g/mol. The lowest BCUT2D eigenvalue weighted by Gasteiger charge is -2.21. The zero-order chi connectivity index (χ0) is 17.3. The molecule has 1 aliphatic rings. The lowest BCUT2D eigenvalue weighted by atomic mass is 10.1. The summed E-state index contributed by atoms with van der Waals surface area (Å²) >= 11 is 0. The molecule has 2 heterocycles. The molecule has 0 atom stereocenters. The third-order valence-electron chi connectivity index (χ3n) is 4.14. The van der Waals surface area contributed by atoms with E-state index in [1.165, 1.54) is 29.6 Å². The van der Waals surface area contributed by atoms with Gasteiger partial charge in [-0.1, -0.05) is 0 Å². The van der Waals surface area contributed by atoms with Gasteiger partial charge in [0.15, 0.2) is 5.78 Å². The Balaban J connectivity index is 2.23. The molecule has 0 spiro atoms. The van der Waals surface area contributed by atoms with Crippen molar-refractivity contribution in [3.05, 3.63) is 30.0 Å². The molecule has 1 aliphatic heterocycles. The number of hydrogen-bond acceptors (Lipinski definition) is 6. The van der Waals surface area contributed by atoms with E-state index in [1.54, 1.807) is 6.07 Å². The molecule has 3 rings (SSSR count). The number of aromatic nitrogens is 1. The van der Waals surface area contributed by atoms with Crippen LogP contribution in [0.5, 0.6) is 5.88 Å². The van der Waals surface area contributed by atoms with Gasteiger partial charge in [-0.3, -0.25) is 4.79 Å². The minimum Gasteiger partial charge on any atom is -0.493 e. The minimum absolute atomic E-state index is 0.0322. The summed E-state index contributed by atoms with van der Waals surface area (Å²) in [6, 6.07) is 4.41. The van der Waals surface area contributed by atoms with E-state index in [-0.39, 0.29) is 27.5 Å². The number of fused-ring (bicyclic) bond motifs is 1. The Kier molecular flexibility index (Phi) is 4.53. The molecule has 1 saturated heterocycles. The number of sulfonamides is 1. The number of carbonyl (C=O) groups excluding carboxylic acids is 1. The first-order valence-electron chi connectivity index (χ1n) is 7.75. The number of nitrogens with one attached hydrogen (secondary N) is 1. The van der Waals surface area contributed by atoms with E-state index in [1.807, 2.05) is 0 Å². The van der Waals surface area contributed by atoms with Crippen LogP contribution in [0.1, 0.15) is 23.7 Å². The first-order chi connectivity index (χ1) is 11.4. The fourth-order valence-corrected chi connectivity index (χ4v) is 4.56. The van der Waals surface area contributed by atoms with Gasteiger partial charge in [-0.25, -0.2) is 13.4 Å². The first-order valence-corrected chi connectivity index (χ1v) is 9.19. The molecule has 0 radical (unpaired) electrons. The molecule has 1 aromatic carbocycles. The predicted octanol–water partition coefficient (Wildman–Crippen LogP) is 1.13. The minimum atomic E-state index is -3.78. The number of rotatable bonds is 3. The lowest BCUT2D eigenvalue weighted by molar-refractivity contribution is 0.101. The van der Waals surface area contributed by atoms with Crippen LogP contribution in [0.15, 0.2) is 29.3 Å². The molecular weight excluding hydrogens is 330 g/mol. The molecule has 128 valence electrons. The fourth-order valence-electron chi connectivity index (χ4n) is 2.85. The Morgan fingerprint density at radius 3 is 2.79 bits per heavy atom. The smallest absolute Gasteiger partial charge is 0.243 e. The predicted molar refractivity (Wildman–Crippen MR) is 89.7 cm³/mol. The number of carbonyl (C=O) groups is 1. The Morgan fingerprint density at radius 1 is 1.25 bits per heavy atom. The summed E-state index contributed by atoms with van der Waals surface area (Å²) < 4.78 is 27.7. The van der Waals surface area contributed by atoms with E-state index >= 15 is 0 Å². The van der Waals surface area contributed by atoms with Crippen LogP contribution in [0.25, 0.3) is 10.8 Å². The Morgan fingerprint density at radius 2 is 2.04 bits per heavy atom. The number of Topliss-reactive ketones (excluding diaryl/α,β-unsaturated/α-hetero) is 1. The zero-order valence-corrected chi connectivity index (χ0v) is 14.1. The Labute approximate surface area is 140 Å². The quantitative estimate of drug-likeness (QED) is 0.806. The highest BCUT2D eigenvalue weighted by Gasteiger charge is 2.28. The van der Waals surface area contributed by atoms with Crippen LogP contribution in [0.4, 0.5) is 0 Å².